The fourth-order valence-corrected chi connectivity index (χ4v) is 2.59. The number of aliphatic hydroxyl groups excluding tert-OH is 1. The van der Waals surface area contributed by atoms with E-state index in [0.717, 1.165) is 18.4 Å². The number of carbonyl (C=O) groups excluding carboxylic acids is 1. The van der Waals surface area contributed by atoms with Gasteiger partial charge in [-0.15, -0.1) is 0 Å². The lowest BCUT2D eigenvalue weighted by molar-refractivity contribution is -0.123. The van der Waals surface area contributed by atoms with Crippen molar-refractivity contribution in [2.75, 3.05) is 6.61 Å². The summed E-state index contributed by atoms with van der Waals surface area (Å²) >= 11 is 0. The quantitative estimate of drug-likeness (QED) is 0.840. The first kappa shape index (κ1) is 14.9. The Morgan fingerprint density at radius 2 is 2.10 bits per heavy atom. The van der Waals surface area contributed by atoms with Crippen LogP contribution in [-0.2, 0) is 4.79 Å². The number of hydrogen-bond donors (Lipinski definition) is 2. The normalized spacial score (nSPS) is 16.9. The summed E-state index contributed by atoms with van der Waals surface area (Å²) in [6, 6.07) is 7.63. The Bertz CT molecular complexity index is 441. The zero-order chi connectivity index (χ0) is 14.4. The molecule has 4 heteroatoms. The fraction of sp³-hybridized carbons (Fsp3) is 0.562. The third kappa shape index (κ3) is 3.97. The molecule has 1 unspecified atom stereocenters. The molecule has 0 bridgehead atoms. The van der Waals surface area contributed by atoms with Gasteiger partial charge < -0.3 is 15.2 Å². The van der Waals surface area contributed by atoms with E-state index < -0.39 is 6.10 Å². The molecule has 4 nitrogen and oxygen atoms in total. The summed E-state index contributed by atoms with van der Waals surface area (Å²) in [5.74, 6) is 0.501. The van der Waals surface area contributed by atoms with Crippen molar-refractivity contribution in [1.29, 1.82) is 0 Å². The number of ether oxygens (including phenoxy) is 1. The van der Waals surface area contributed by atoms with Gasteiger partial charge in [0.2, 0.25) is 0 Å². The highest BCUT2D eigenvalue weighted by atomic mass is 16.5. The van der Waals surface area contributed by atoms with Gasteiger partial charge in [-0.05, 0) is 25.3 Å². The van der Waals surface area contributed by atoms with Gasteiger partial charge in [0.25, 0.3) is 5.91 Å². The Labute approximate surface area is 120 Å². The molecule has 1 saturated carbocycles. The number of rotatable bonds is 6. The molecular weight excluding hydrogens is 254 g/mol. The molecule has 0 saturated heterocycles. The molecule has 2 N–H and O–H groups in total. The second-order valence-corrected chi connectivity index (χ2v) is 5.30. The zero-order valence-electron chi connectivity index (χ0n) is 12.0. The maximum absolute atomic E-state index is 11.8. The van der Waals surface area contributed by atoms with E-state index in [1.54, 1.807) is 6.07 Å². The maximum Gasteiger partial charge on any atom is 0.258 e. The molecule has 2 rings (SSSR count). The van der Waals surface area contributed by atoms with E-state index >= 15 is 0 Å². The van der Waals surface area contributed by atoms with Gasteiger partial charge in [0, 0.05) is 11.6 Å². The Hall–Kier alpha value is -1.55. The number of aliphatic hydroxyl groups is 1. The summed E-state index contributed by atoms with van der Waals surface area (Å²) in [5, 5.41) is 12.9. The second-order valence-electron chi connectivity index (χ2n) is 5.30. The average Bonchev–Trinajstić information content (AvgIpc) is 2.97. The molecule has 1 fully saturated rings. The van der Waals surface area contributed by atoms with E-state index in [2.05, 4.69) is 5.32 Å². The van der Waals surface area contributed by atoms with Crippen molar-refractivity contribution in [3.63, 3.8) is 0 Å². The highest BCUT2D eigenvalue weighted by Crippen LogP contribution is 2.26. The van der Waals surface area contributed by atoms with Crippen molar-refractivity contribution >= 4 is 5.91 Å². The molecule has 1 aromatic rings. The van der Waals surface area contributed by atoms with E-state index in [4.69, 9.17) is 4.74 Å². The Balaban J connectivity index is 1.88. The fourth-order valence-electron chi connectivity index (χ4n) is 2.59. The van der Waals surface area contributed by atoms with Crippen LogP contribution < -0.4 is 10.1 Å². The highest BCUT2D eigenvalue weighted by molar-refractivity contribution is 5.77. The van der Waals surface area contributed by atoms with E-state index in [1.807, 2.05) is 25.1 Å². The van der Waals surface area contributed by atoms with Gasteiger partial charge in [0.15, 0.2) is 6.61 Å². The third-order valence-electron chi connectivity index (χ3n) is 3.74. The van der Waals surface area contributed by atoms with Crippen molar-refractivity contribution in [1.82, 2.24) is 5.32 Å². The smallest absolute Gasteiger partial charge is 0.258 e. The number of carbonyl (C=O) groups is 1. The minimum atomic E-state index is -0.552. The molecule has 0 radical (unpaired) electrons. The van der Waals surface area contributed by atoms with Crippen LogP contribution >= 0.6 is 0 Å². The van der Waals surface area contributed by atoms with Crippen molar-refractivity contribution in [2.24, 2.45) is 0 Å². The van der Waals surface area contributed by atoms with Gasteiger partial charge in [0.05, 0.1) is 6.10 Å². The number of para-hydroxylation sites is 1. The zero-order valence-corrected chi connectivity index (χ0v) is 12.0. The van der Waals surface area contributed by atoms with Gasteiger partial charge in [-0.2, -0.15) is 0 Å². The molecule has 1 amide bonds. The monoisotopic (exact) mass is 277 g/mol. The summed E-state index contributed by atoms with van der Waals surface area (Å²) < 4.78 is 5.56. The first-order chi connectivity index (χ1) is 9.70. The van der Waals surface area contributed by atoms with Crippen molar-refractivity contribution in [2.45, 2.75) is 51.2 Å². The van der Waals surface area contributed by atoms with Gasteiger partial charge in [-0.3, -0.25) is 4.79 Å². The van der Waals surface area contributed by atoms with Crippen molar-refractivity contribution in [3.05, 3.63) is 29.8 Å². The summed E-state index contributed by atoms with van der Waals surface area (Å²) in [7, 11) is 0. The van der Waals surface area contributed by atoms with Crippen LogP contribution in [0.3, 0.4) is 0 Å². The van der Waals surface area contributed by atoms with Crippen LogP contribution in [0.15, 0.2) is 24.3 Å². The SMILES string of the molecule is CCC(O)c1ccccc1OCC(=O)NC1CCCC1. The molecule has 1 atom stereocenters. The first-order valence-corrected chi connectivity index (χ1v) is 7.40. The van der Waals surface area contributed by atoms with Crippen LogP contribution in [0, 0.1) is 0 Å². The number of benzene rings is 1. The predicted molar refractivity (Wildman–Crippen MR) is 77.6 cm³/mol. The predicted octanol–water partition coefficient (Wildman–Crippen LogP) is 2.57. The highest BCUT2D eigenvalue weighted by Gasteiger charge is 2.18. The second kappa shape index (κ2) is 7.29. The molecule has 1 aliphatic carbocycles. The van der Waals surface area contributed by atoms with Crippen molar-refractivity contribution < 1.29 is 14.6 Å². The van der Waals surface area contributed by atoms with Crippen LogP contribution in [0.5, 0.6) is 5.75 Å². The molecule has 1 aliphatic rings. The van der Waals surface area contributed by atoms with E-state index in [1.165, 1.54) is 12.8 Å². The van der Waals surface area contributed by atoms with Gasteiger partial charge in [-0.25, -0.2) is 0 Å². The summed E-state index contributed by atoms with van der Waals surface area (Å²) in [6.45, 7) is 1.91. The lowest BCUT2D eigenvalue weighted by Gasteiger charge is -2.16. The van der Waals surface area contributed by atoms with Crippen LogP contribution in [0.1, 0.15) is 50.7 Å². The molecular formula is C16H23NO3. The van der Waals surface area contributed by atoms with Crippen LogP contribution in [-0.4, -0.2) is 23.7 Å². The molecule has 0 spiro atoms. The number of nitrogens with one attached hydrogen (secondary N) is 1. The molecule has 20 heavy (non-hydrogen) atoms. The average molecular weight is 277 g/mol. The molecule has 0 aliphatic heterocycles. The molecule has 110 valence electrons. The largest absolute Gasteiger partial charge is 0.483 e. The standard InChI is InChI=1S/C16H23NO3/c1-2-14(18)13-9-5-6-10-15(13)20-11-16(19)17-12-7-3-4-8-12/h5-6,9-10,12,14,18H,2-4,7-8,11H2,1H3,(H,17,19). The topological polar surface area (TPSA) is 58.6 Å². The first-order valence-electron chi connectivity index (χ1n) is 7.40. The lowest BCUT2D eigenvalue weighted by Crippen LogP contribution is -2.36. The minimum Gasteiger partial charge on any atom is -0.483 e. The van der Waals surface area contributed by atoms with Crippen LogP contribution in [0.2, 0.25) is 0 Å². The van der Waals surface area contributed by atoms with Crippen LogP contribution in [0.25, 0.3) is 0 Å². The summed E-state index contributed by atoms with van der Waals surface area (Å²) in [5.41, 5.74) is 0.740. The van der Waals surface area contributed by atoms with Crippen LogP contribution in [0.4, 0.5) is 0 Å². The summed E-state index contributed by atoms with van der Waals surface area (Å²) in [6.07, 6.45) is 4.58. The Morgan fingerprint density at radius 3 is 2.80 bits per heavy atom. The van der Waals surface area contributed by atoms with Gasteiger partial charge >= 0.3 is 0 Å². The number of hydrogen-bond acceptors (Lipinski definition) is 3. The van der Waals surface area contributed by atoms with E-state index in [0.29, 0.717) is 18.2 Å². The molecule has 0 aromatic heterocycles. The Kier molecular flexibility index (Phi) is 5.41. The van der Waals surface area contributed by atoms with Gasteiger partial charge in [0.1, 0.15) is 5.75 Å². The summed E-state index contributed by atoms with van der Waals surface area (Å²) in [4.78, 5) is 11.8. The number of amides is 1. The van der Waals surface area contributed by atoms with Gasteiger partial charge in [-0.1, -0.05) is 38.0 Å². The maximum atomic E-state index is 11.8. The van der Waals surface area contributed by atoms with E-state index in [9.17, 15) is 9.90 Å². The Morgan fingerprint density at radius 1 is 1.40 bits per heavy atom. The molecule has 0 heterocycles. The minimum absolute atomic E-state index is 0.00392. The lowest BCUT2D eigenvalue weighted by atomic mass is 10.1. The molecule has 1 aromatic carbocycles. The third-order valence-corrected chi connectivity index (χ3v) is 3.74. The van der Waals surface area contributed by atoms with E-state index in [-0.39, 0.29) is 12.5 Å². The van der Waals surface area contributed by atoms with Crippen molar-refractivity contribution in [3.8, 4) is 5.75 Å².